The number of fused-ring (bicyclic) bond motifs is 2. The molecule has 4 rings (SSSR count). The second kappa shape index (κ2) is 32.2. The molecule has 0 saturated carbocycles. The first-order chi connectivity index (χ1) is 32.6. The molecular weight excluding hydrogens is 913 g/mol. The van der Waals surface area contributed by atoms with Crippen molar-refractivity contribution in [2.24, 2.45) is 0 Å². The van der Waals surface area contributed by atoms with Gasteiger partial charge in [0.1, 0.15) is 14.7 Å². The zero-order valence-electron chi connectivity index (χ0n) is 42.3. The lowest BCUT2D eigenvalue weighted by Crippen LogP contribution is -2.15. The fourth-order valence-corrected chi connectivity index (χ4v) is 13.2. The topological polar surface area (TPSA) is 163 Å². The van der Waals surface area contributed by atoms with Crippen LogP contribution in [0, 0.1) is 0 Å². The van der Waals surface area contributed by atoms with Crippen LogP contribution in [-0.2, 0) is 56.0 Å². The normalized spacial score (nSPS) is 12.2. The van der Waals surface area contributed by atoms with Gasteiger partial charge < -0.3 is 0 Å². The SMILES string of the molecule is CCCCCCCCCc1c(S(=O)(=O)O)c(S(=O)(=O)O)c2ccccc2c1CCCCCCCCC.CCCCCCCCCc1cc2ccccc2c(S(=O)(=O)O)c1CCCCCCCCC. The molecule has 0 heterocycles. The molecule has 4 aromatic carbocycles. The lowest BCUT2D eigenvalue weighted by Gasteiger charge is -2.20. The highest BCUT2D eigenvalue weighted by atomic mass is 32.2. The lowest BCUT2D eigenvalue weighted by atomic mass is 9.91. The van der Waals surface area contributed by atoms with Crippen molar-refractivity contribution < 1.29 is 38.9 Å². The molecule has 0 fully saturated rings. The molecule has 0 bridgehead atoms. The molecule has 0 radical (unpaired) electrons. The molecule has 0 unspecified atom stereocenters. The van der Waals surface area contributed by atoms with E-state index >= 15 is 0 Å². The average Bonchev–Trinajstić information content (AvgIpc) is 3.29. The quantitative estimate of drug-likeness (QED) is 0.0301. The van der Waals surface area contributed by atoms with E-state index < -0.39 is 40.1 Å². The second-order valence-electron chi connectivity index (χ2n) is 19.1. The summed E-state index contributed by atoms with van der Waals surface area (Å²) in [6, 6.07) is 16.4. The van der Waals surface area contributed by atoms with Gasteiger partial charge in [-0.1, -0.05) is 236 Å². The predicted octanol–water partition coefficient (Wildman–Crippen LogP) is 16.6. The van der Waals surface area contributed by atoms with E-state index in [0.29, 0.717) is 35.6 Å². The van der Waals surface area contributed by atoms with Gasteiger partial charge in [0.25, 0.3) is 30.4 Å². The molecule has 0 aliphatic carbocycles. The maximum absolute atomic E-state index is 12.6. The summed E-state index contributed by atoms with van der Waals surface area (Å²) >= 11 is 0. The molecule has 0 atom stereocenters. The van der Waals surface area contributed by atoms with E-state index in [1.807, 2.05) is 24.3 Å². The molecule has 9 nitrogen and oxygen atoms in total. The van der Waals surface area contributed by atoms with Crippen molar-refractivity contribution in [3.63, 3.8) is 0 Å². The highest BCUT2D eigenvalue weighted by Gasteiger charge is 2.32. The fraction of sp³-hybridized carbons (Fsp3) is 0.643. The summed E-state index contributed by atoms with van der Waals surface area (Å²) in [6.45, 7) is 8.81. The van der Waals surface area contributed by atoms with Crippen molar-refractivity contribution in [2.45, 2.75) is 248 Å². The first-order valence-electron chi connectivity index (χ1n) is 26.6. The summed E-state index contributed by atoms with van der Waals surface area (Å²) in [4.78, 5) is -1.20. The molecule has 3 N–H and O–H groups in total. The third-order valence-corrected chi connectivity index (χ3v) is 16.5. The zero-order valence-corrected chi connectivity index (χ0v) is 44.8. The molecule has 12 heteroatoms. The second-order valence-corrected chi connectivity index (χ2v) is 23.2. The number of aryl methyl sites for hydroxylation is 2. The van der Waals surface area contributed by atoms with Gasteiger partial charge in [0.05, 0.1) is 0 Å². The summed E-state index contributed by atoms with van der Waals surface area (Å²) < 4.78 is 105. The Kier molecular flexibility index (Phi) is 28.1. The van der Waals surface area contributed by atoms with Crippen molar-refractivity contribution in [2.75, 3.05) is 0 Å². The molecule has 68 heavy (non-hydrogen) atoms. The molecular formula is C56H88O9S3. The number of hydrogen-bond acceptors (Lipinski definition) is 6. The molecule has 0 spiro atoms. The Morgan fingerprint density at radius 2 is 0.647 bits per heavy atom. The zero-order chi connectivity index (χ0) is 49.8. The van der Waals surface area contributed by atoms with Gasteiger partial charge in [0.15, 0.2) is 0 Å². The number of rotatable bonds is 35. The summed E-state index contributed by atoms with van der Waals surface area (Å²) in [6.07, 6.45) is 34.5. The van der Waals surface area contributed by atoms with E-state index in [1.165, 1.54) is 109 Å². The summed E-state index contributed by atoms with van der Waals surface area (Å²) in [5.74, 6) is 0. The Morgan fingerprint density at radius 3 is 1.06 bits per heavy atom. The Morgan fingerprint density at radius 1 is 0.324 bits per heavy atom. The van der Waals surface area contributed by atoms with Gasteiger partial charge in [-0.15, -0.1) is 0 Å². The minimum Gasteiger partial charge on any atom is -0.282 e. The number of benzene rings is 4. The van der Waals surface area contributed by atoms with Crippen LogP contribution in [-0.4, -0.2) is 38.9 Å². The minimum absolute atomic E-state index is 0.133. The van der Waals surface area contributed by atoms with E-state index in [2.05, 4.69) is 33.8 Å². The summed E-state index contributed by atoms with van der Waals surface area (Å²) in [7, 11) is -14.1. The van der Waals surface area contributed by atoms with E-state index in [9.17, 15) is 38.9 Å². The van der Waals surface area contributed by atoms with E-state index in [1.54, 1.807) is 18.2 Å². The van der Waals surface area contributed by atoms with E-state index in [4.69, 9.17) is 0 Å². The molecule has 0 aromatic heterocycles. The van der Waals surface area contributed by atoms with Crippen LogP contribution in [0.1, 0.15) is 230 Å². The van der Waals surface area contributed by atoms with Gasteiger partial charge in [-0.2, -0.15) is 25.3 Å². The lowest BCUT2D eigenvalue weighted by molar-refractivity contribution is 0.465. The highest BCUT2D eigenvalue weighted by Crippen LogP contribution is 2.39. The van der Waals surface area contributed by atoms with Gasteiger partial charge in [-0.3, -0.25) is 13.7 Å². The Balaban J connectivity index is 0.000000363. The minimum atomic E-state index is -4.91. The van der Waals surface area contributed by atoms with Crippen molar-refractivity contribution >= 4 is 51.9 Å². The molecule has 0 saturated heterocycles. The maximum Gasteiger partial charge on any atom is 0.296 e. The van der Waals surface area contributed by atoms with E-state index in [0.717, 1.165) is 106 Å². The Labute approximate surface area is 413 Å². The largest absolute Gasteiger partial charge is 0.296 e. The average molecular weight is 1000 g/mol. The van der Waals surface area contributed by atoms with Crippen molar-refractivity contribution in [3.05, 3.63) is 76.9 Å². The van der Waals surface area contributed by atoms with Crippen molar-refractivity contribution in [1.82, 2.24) is 0 Å². The maximum atomic E-state index is 12.6. The van der Waals surface area contributed by atoms with Gasteiger partial charge >= 0.3 is 0 Å². The number of hydrogen-bond donors (Lipinski definition) is 3. The highest BCUT2D eigenvalue weighted by molar-refractivity contribution is 7.89. The molecule has 384 valence electrons. The molecule has 0 aliphatic heterocycles. The summed E-state index contributed by atoms with van der Waals surface area (Å²) in [5.41, 5.74) is 3.06. The Bertz CT molecular complexity index is 2410. The van der Waals surface area contributed by atoms with Gasteiger partial charge in [-0.05, 0) is 84.4 Å². The summed E-state index contributed by atoms with van der Waals surface area (Å²) in [5, 5.41) is 2.31. The van der Waals surface area contributed by atoms with Crippen molar-refractivity contribution in [1.29, 1.82) is 0 Å². The van der Waals surface area contributed by atoms with Crippen LogP contribution in [0.15, 0.2) is 69.3 Å². The van der Waals surface area contributed by atoms with Gasteiger partial charge in [0.2, 0.25) is 0 Å². The third-order valence-electron chi connectivity index (χ3n) is 13.5. The third kappa shape index (κ3) is 20.5. The van der Waals surface area contributed by atoms with Crippen LogP contribution in [0.3, 0.4) is 0 Å². The smallest absolute Gasteiger partial charge is 0.282 e. The van der Waals surface area contributed by atoms with Crippen LogP contribution >= 0.6 is 0 Å². The van der Waals surface area contributed by atoms with Crippen molar-refractivity contribution in [3.8, 4) is 0 Å². The first kappa shape index (κ1) is 59.4. The Hall–Kier alpha value is -2.87. The van der Waals surface area contributed by atoms with E-state index in [-0.39, 0.29) is 10.3 Å². The first-order valence-corrected chi connectivity index (χ1v) is 31.0. The van der Waals surface area contributed by atoms with Crippen LogP contribution in [0.25, 0.3) is 21.5 Å². The van der Waals surface area contributed by atoms with Crippen LogP contribution in [0.2, 0.25) is 0 Å². The van der Waals surface area contributed by atoms with Gasteiger partial charge in [-0.25, -0.2) is 0 Å². The molecule has 4 aromatic rings. The molecule has 0 aliphatic rings. The monoisotopic (exact) mass is 1000 g/mol. The molecule has 0 amide bonds. The van der Waals surface area contributed by atoms with Crippen LogP contribution in [0.5, 0.6) is 0 Å². The van der Waals surface area contributed by atoms with Crippen LogP contribution < -0.4 is 0 Å². The van der Waals surface area contributed by atoms with Crippen LogP contribution in [0.4, 0.5) is 0 Å². The number of unbranched alkanes of at least 4 members (excludes halogenated alkanes) is 24. The standard InChI is InChI=1S/C28H44O6S2.C28H44O3S/c1-3-5-7-9-11-13-15-19-23-24-20-17-18-22-26(24)28(36(32,33)34)27(35(29,30)31)25(23)21-16-14-12-10-8-6-4-2;1-3-5-7-9-11-13-15-19-24-23-25-20-17-18-22-27(25)28(32(29,30)31)26(24)21-16-14-12-10-8-6-4-2/h17-18,20,22H,3-16,19,21H2,1-2H3,(H,29,30,31)(H,32,33,34);17-18,20,22-23H,3-16,19,21H2,1-2H3,(H,29,30,31). The van der Waals surface area contributed by atoms with Gasteiger partial charge in [0, 0.05) is 10.8 Å². The predicted molar refractivity (Wildman–Crippen MR) is 284 cm³/mol. The fourth-order valence-electron chi connectivity index (χ4n) is 9.84.